The molecule has 138 valence electrons. The fraction of sp³-hybridized carbons (Fsp3) is 0.316. The molecule has 3 rings (SSSR count). The van der Waals surface area contributed by atoms with Crippen LogP contribution in [0.3, 0.4) is 0 Å². The summed E-state index contributed by atoms with van der Waals surface area (Å²) in [5.74, 6) is -0.348. The van der Waals surface area contributed by atoms with Crippen LogP contribution in [0.4, 0.5) is 11.4 Å². The third kappa shape index (κ3) is 4.83. The number of nitrogens with zero attached hydrogens (tertiary/aromatic N) is 1. The third-order valence-electron chi connectivity index (χ3n) is 4.12. The number of sulfone groups is 1. The Hall–Kier alpha value is -2.38. The molecule has 2 aromatic carbocycles. The van der Waals surface area contributed by atoms with Crippen molar-refractivity contribution in [1.29, 1.82) is 0 Å². The summed E-state index contributed by atoms with van der Waals surface area (Å²) in [4.78, 5) is 14.8. The maximum Gasteiger partial charge on any atom is 0.255 e. The molecule has 0 saturated carbocycles. The first kappa shape index (κ1) is 18.4. The number of hydrogen-bond acceptors (Lipinski definition) is 5. The lowest BCUT2D eigenvalue weighted by atomic mass is 10.1. The van der Waals surface area contributed by atoms with Gasteiger partial charge in [0.1, 0.15) is 0 Å². The van der Waals surface area contributed by atoms with Gasteiger partial charge in [0.15, 0.2) is 9.84 Å². The van der Waals surface area contributed by atoms with Gasteiger partial charge in [-0.05, 0) is 29.8 Å². The van der Waals surface area contributed by atoms with E-state index >= 15 is 0 Å². The van der Waals surface area contributed by atoms with Gasteiger partial charge in [-0.25, -0.2) is 8.42 Å². The minimum absolute atomic E-state index is 0.0848. The standard InChI is InChI=1S/C19H22N2O4S/c1-26(23,24)14-15-5-4-6-16(13-15)19(22)20-17-7-2-3-8-18(17)21-9-11-25-12-10-21/h2-8,13H,9-12,14H2,1H3,(H,20,22). The molecule has 1 heterocycles. The predicted octanol–water partition coefficient (Wildman–Crippen LogP) is 2.32. The van der Waals surface area contributed by atoms with Crippen LogP contribution in [-0.2, 0) is 20.3 Å². The first-order chi connectivity index (χ1) is 12.4. The maximum atomic E-state index is 12.7. The van der Waals surface area contributed by atoms with Crippen LogP contribution in [0.15, 0.2) is 48.5 Å². The number of anilines is 2. The van der Waals surface area contributed by atoms with E-state index in [0.717, 1.165) is 24.5 Å². The van der Waals surface area contributed by atoms with Gasteiger partial charge in [-0.2, -0.15) is 0 Å². The van der Waals surface area contributed by atoms with Gasteiger partial charge in [0.05, 0.1) is 30.3 Å². The van der Waals surface area contributed by atoms with E-state index in [1.807, 2.05) is 24.3 Å². The van der Waals surface area contributed by atoms with E-state index in [9.17, 15) is 13.2 Å². The molecule has 2 aromatic rings. The molecule has 0 spiro atoms. The molecule has 0 unspecified atom stereocenters. The van der Waals surface area contributed by atoms with Crippen LogP contribution >= 0.6 is 0 Å². The average molecular weight is 374 g/mol. The Bertz CT molecular complexity index is 890. The number of ether oxygens (including phenoxy) is 1. The quantitative estimate of drug-likeness (QED) is 0.869. The van der Waals surface area contributed by atoms with Crippen molar-refractivity contribution in [3.05, 3.63) is 59.7 Å². The second kappa shape index (κ2) is 7.88. The molecule has 1 amide bonds. The van der Waals surface area contributed by atoms with Crippen LogP contribution in [0, 0.1) is 0 Å². The normalized spacial score (nSPS) is 14.9. The molecule has 0 radical (unpaired) electrons. The molecule has 0 atom stereocenters. The Morgan fingerprint density at radius 2 is 1.85 bits per heavy atom. The van der Waals surface area contributed by atoms with Crippen molar-refractivity contribution in [1.82, 2.24) is 0 Å². The van der Waals surface area contributed by atoms with Crippen molar-refractivity contribution in [2.24, 2.45) is 0 Å². The number of morpholine rings is 1. The molecule has 0 bridgehead atoms. The number of carbonyl (C=O) groups excluding carboxylic acids is 1. The number of nitrogens with one attached hydrogen (secondary N) is 1. The molecule has 26 heavy (non-hydrogen) atoms. The lowest BCUT2D eigenvalue weighted by molar-refractivity contribution is 0.102. The van der Waals surface area contributed by atoms with Gasteiger partial charge in [0.25, 0.3) is 5.91 Å². The Labute approximate surface area is 153 Å². The van der Waals surface area contributed by atoms with Gasteiger partial charge < -0.3 is 15.0 Å². The summed E-state index contributed by atoms with van der Waals surface area (Å²) in [5.41, 5.74) is 2.72. The molecular weight excluding hydrogens is 352 g/mol. The number of amides is 1. The number of hydrogen-bond donors (Lipinski definition) is 1. The van der Waals surface area contributed by atoms with Crippen LogP contribution < -0.4 is 10.2 Å². The second-order valence-corrected chi connectivity index (χ2v) is 8.48. The highest BCUT2D eigenvalue weighted by Gasteiger charge is 2.16. The van der Waals surface area contributed by atoms with E-state index in [4.69, 9.17) is 4.74 Å². The van der Waals surface area contributed by atoms with Gasteiger partial charge in [-0.1, -0.05) is 24.3 Å². The first-order valence-electron chi connectivity index (χ1n) is 8.42. The van der Waals surface area contributed by atoms with E-state index < -0.39 is 9.84 Å². The highest BCUT2D eigenvalue weighted by Crippen LogP contribution is 2.27. The van der Waals surface area contributed by atoms with E-state index in [1.165, 1.54) is 6.26 Å². The Morgan fingerprint density at radius 3 is 2.58 bits per heavy atom. The minimum atomic E-state index is -3.15. The van der Waals surface area contributed by atoms with Crippen LogP contribution in [0.2, 0.25) is 0 Å². The van der Waals surface area contributed by atoms with Crippen molar-refractivity contribution in [2.45, 2.75) is 5.75 Å². The van der Waals surface area contributed by atoms with Crippen LogP contribution in [0.5, 0.6) is 0 Å². The van der Waals surface area contributed by atoms with Gasteiger partial charge >= 0.3 is 0 Å². The molecule has 7 heteroatoms. The number of carbonyl (C=O) groups is 1. The fourth-order valence-electron chi connectivity index (χ4n) is 2.96. The van der Waals surface area contributed by atoms with Gasteiger partial charge in [0.2, 0.25) is 0 Å². The van der Waals surface area contributed by atoms with Gasteiger partial charge in [-0.15, -0.1) is 0 Å². The monoisotopic (exact) mass is 374 g/mol. The Morgan fingerprint density at radius 1 is 1.12 bits per heavy atom. The summed E-state index contributed by atoms with van der Waals surface area (Å²) in [5, 5.41) is 2.94. The summed E-state index contributed by atoms with van der Waals surface area (Å²) < 4.78 is 28.3. The zero-order valence-corrected chi connectivity index (χ0v) is 15.5. The lowest BCUT2D eigenvalue weighted by Gasteiger charge is -2.30. The number of para-hydroxylation sites is 2. The third-order valence-corrected chi connectivity index (χ3v) is 4.98. The van der Waals surface area contributed by atoms with Gasteiger partial charge in [-0.3, -0.25) is 4.79 Å². The molecule has 0 aliphatic carbocycles. The summed E-state index contributed by atoms with van der Waals surface area (Å²) in [7, 11) is -3.15. The summed E-state index contributed by atoms with van der Waals surface area (Å²) >= 11 is 0. The largest absolute Gasteiger partial charge is 0.378 e. The zero-order valence-electron chi connectivity index (χ0n) is 14.6. The predicted molar refractivity (Wildman–Crippen MR) is 102 cm³/mol. The zero-order chi connectivity index (χ0) is 18.6. The van der Waals surface area contributed by atoms with Crippen molar-refractivity contribution < 1.29 is 17.9 Å². The number of benzene rings is 2. The highest BCUT2D eigenvalue weighted by molar-refractivity contribution is 7.89. The molecule has 6 nitrogen and oxygen atoms in total. The van der Waals surface area contributed by atoms with Crippen molar-refractivity contribution >= 4 is 27.1 Å². The summed E-state index contributed by atoms with van der Waals surface area (Å²) in [6.07, 6.45) is 1.18. The maximum absolute atomic E-state index is 12.7. The molecule has 0 aromatic heterocycles. The lowest BCUT2D eigenvalue weighted by Crippen LogP contribution is -2.36. The molecule has 1 saturated heterocycles. The molecule has 1 N–H and O–H groups in total. The van der Waals surface area contributed by atoms with Crippen molar-refractivity contribution in [2.75, 3.05) is 42.8 Å². The molecule has 1 aliphatic heterocycles. The topological polar surface area (TPSA) is 75.7 Å². The smallest absolute Gasteiger partial charge is 0.255 e. The van der Waals surface area contributed by atoms with Crippen LogP contribution in [0.1, 0.15) is 15.9 Å². The highest BCUT2D eigenvalue weighted by atomic mass is 32.2. The molecular formula is C19H22N2O4S. The van der Waals surface area contributed by atoms with E-state index in [2.05, 4.69) is 10.2 Å². The van der Waals surface area contributed by atoms with Gasteiger partial charge in [0, 0.05) is 24.9 Å². The van der Waals surface area contributed by atoms with Crippen molar-refractivity contribution in [3.8, 4) is 0 Å². The van der Waals surface area contributed by atoms with Crippen molar-refractivity contribution in [3.63, 3.8) is 0 Å². The summed E-state index contributed by atoms with van der Waals surface area (Å²) in [6, 6.07) is 14.4. The minimum Gasteiger partial charge on any atom is -0.378 e. The second-order valence-electron chi connectivity index (χ2n) is 6.34. The van der Waals surface area contributed by atoms with Crippen LogP contribution in [0.25, 0.3) is 0 Å². The number of rotatable bonds is 5. The molecule has 1 aliphatic rings. The Kier molecular flexibility index (Phi) is 5.58. The van der Waals surface area contributed by atoms with E-state index in [0.29, 0.717) is 24.3 Å². The van der Waals surface area contributed by atoms with Crippen LogP contribution in [-0.4, -0.2) is 46.9 Å². The first-order valence-corrected chi connectivity index (χ1v) is 10.5. The molecule has 1 fully saturated rings. The van der Waals surface area contributed by atoms with E-state index in [1.54, 1.807) is 24.3 Å². The average Bonchev–Trinajstić information content (AvgIpc) is 2.62. The summed E-state index contributed by atoms with van der Waals surface area (Å²) in [6.45, 7) is 2.87. The Balaban J connectivity index is 1.79. The SMILES string of the molecule is CS(=O)(=O)Cc1cccc(C(=O)Nc2ccccc2N2CCOCC2)c1. The van der Waals surface area contributed by atoms with E-state index in [-0.39, 0.29) is 11.7 Å². The fourth-order valence-corrected chi connectivity index (χ4v) is 3.74.